The van der Waals surface area contributed by atoms with Gasteiger partial charge < -0.3 is 10.4 Å². The Morgan fingerprint density at radius 2 is 2.10 bits per heavy atom. The van der Waals surface area contributed by atoms with Crippen molar-refractivity contribution in [2.24, 2.45) is 5.41 Å². The molecule has 0 aromatic carbocycles. The van der Waals surface area contributed by atoms with Crippen molar-refractivity contribution in [1.82, 2.24) is 10.3 Å². The molecule has 0 saturated heterocycles. The highest BCUT2D eigenvalue weighted by molar-refractivity contribution is 7.13. The monoisotopic (exact) mass is 299 g/mol. The van der Waals surface area contributed by atoms with Gasteiger partial charge in [0.1, 0.15) is 0 Å². The third-order valence-corrected chi connectivity index (χ3v) is 4.71. The Kier molecular flexibility index (Phi) is 6.95. The number of aliphatic hydroxyl groups excluding tert-OH is 1. The first-order valence-electron chi connectivity index (χ1n) is 7.19. The highest BCUT2D eigenvalue weighted by Gasteiger charge is 2.26. The van der Waals surface area contributed by atoms with E-state index < -0.39 is 0 Å². The van der Waals surface area contributed by atoms with Crippen LogP contribution >= 0.6 is 11.3 Å². The number of hydrogen-bond acceptors (Lipinski definition) is 4. The van der Waals surface area contributed by atoms with Gasteiger partial charge in [-0.1, -0.05) is 20.8 Å². The summed E-state index contributed by atoms with van der Waals surface area (Å²) in [6, 6.07) is -0.230. The van der Waals surface area contributed by atoms with Crippen LogP contribution in [-0.4, -0.2) is 29.3 Å². The van der Waals surface area contributed by atoms with E-state index in [0.29, 0.717) is 18.1 Å². The summed E-state index contributed by atoms with van der Waals surface area (Å²) in [6.45, 7) is 6.93. The van der Waals surface area contributed by atoms with Crippen molar-refractivity contribution in [1.29, 1.82) is 0 Å². The Labute approximate surface area is 124 Å². The highest BCUT2D eigenvalue weighted by atomic mass is 32.1. The van der Waals surface area contributed by atoms with Gasteiger partial charge in [-0.2, -0.15) is 0 Å². The van der Waals surface area contributed by atoms with E-state index in [0.717, 1.165) is 25.0 Å². The normalized spacial score (nSPS) is 11.4. The molecule has 1 aromatic rings. The van der Waals surface area contributed by atoms with Gasteiger partial charge in [0.05, 0.1) is 5.69 Å². The minimum atomic E-state index is -0.230. The predicted molar refractivity (Wildman–Crippen MR) is 83.2 cm³/mol. The van der Waals surface area contributed by atoms with E-state index in [9.17, 15) is 4.79 Å². The van der Waals surface area contributed by atoms with Crippen LogP contribution in [0, 0.1) is 5.41 Å². The Hall–Kier alpha value is -1.14. The van der Waals surface area contributed by atoms with Crippen LogP contribution in [-0.2, 0) is 6.42 Å². The van der Waals surface area contributed by atoms with E-state index in [1.54, 1.807) is 0 Å². The van der Waals surface area contributed by atoms with Crippen molar-refractivity contribution in [3.8, 4) is 0 Å². The number of carbonyl (C=O) groups is 1. The Morgan fingerprint density at radius 1 is 1.40 bits per heavy atom. The lowest BCUT2D eigenvalue weighted by atomic mass is 9.79. The molecule has 5 nitrogen and oxygen atoms in total. The minimum Gasteiger partial charge on any atom is -0.396 e. The van der Waals surface area contributed by atoms with Gasteiger partial charge in [0, 0.05) is 18.5 Å². The van der Waals surface area contributed by atoms with Gasteiger partial charge in [0.25, 0.3) is 0 Å². The molecule has 2 amide bonds. The number of aromatic nitrogens is 1. The Morgan fingerprint density at radius 3 is 2.60 bits per heavy atom. The maximum atomic E-state index is 11.9. The maximum absolute atomic E-state index is 11.9. The number of amides is 2. The number of carbonyl (C=O) groups excluding carboxylic acids is 1. The van der Waals surface area contributed by atoms with Crippen molar-refractivity contribution in [2.45, 2.75) is 46.5 Å². The number of thiazole rings is 1. The number of aryl methyl sites for hydroxylation is 1. The van der Waals surface area contributed by atoms with E-state index in [1.165, 1.54) is 11.3 Å². The van der Waals surface area contributed by atoms with E-state index in [2.05, 4.69) is 29.5 Å². The number of anilines is 1. The topological polar surface area (TPSA) is 74.2 Å². The molecular weight excluding hydrogens is 274 g/mol. The van der Waals surface area contributed by atoms with Crippen LogP contribution in [0.5, 0.6) is 0 Å². The number of hydrogen-bond donors (Lipinski definition) is 3. The molecule has 1 heterocycles. The summed E-state index contributed by atoms with van der Waals surface area (Å²) in [5, 5.41) is 17.4. The van der Waals surface area contributed by atoms with Crippen LogP contribution in [0.25, 0.3) is 0 Å². The van der Waals surface area contributed by atoms with Gasteiger partial charge in [-0.25, -0.2) is 9.78 Å². The Balaban J connectivity index is 2.49. The summed E-state index contributed by atoms with van der Waals surface area (Å²) in [6.07, 6.45) is 3.44. The zero-order valence-corrected chi connectivity index (χ0v) is 13.3. The fraction of sp³-hybridized carbons (Fsp3) is 0.714. The number of aliphatic hydroxyl groups is 1. The van der Waals surface area contributed by atoms with E-state index in [4.69, 9.17) is 5.11 Å². The van der Waals surface area contributed by atoms with Gasteiger partial charge in [-0.05, 0) is 31.1 Å². The van der Waals surface area contributed by atoms with Crippen LogP contribution < -0.4 is 10.6 Å². The predicted octanol–water partition coefficient (Wildman–Crippen LogP) is 3.02. The van der Waals surface area contributed by atoms with E-state index in [-0.39, 0.29) is 18.1 Å². The van der Waals surface area contributed by atoms with Crippen LogP contribution in [0.15, 0.2) is 5.38 Å². The first kappa shape index (κ1) is 16.9. The molecule has 114 valence electrons. The van der Waals surface area contributed by atoms with Gasteiger partial charge in [0.2, 0.25) is 0 Å². The average Bonchev–Trinajstić information content (AvgIpc) is 2.91. The summed E-state index contributed by atoms with van der Waals surface area (Å²) in [4.78, 5) is 16.2. The highest BCUT2D eigenvalue weighted by Crippen LogP contribution is 2.29. The fourth-order valence-corrected chi connectivity index (χ4v) is 2.90. The zero-order valence-electron chi connectivity index (χ0n) is 12.5. The molecule has 0 saturated carbocycles. The zero-order chi connectivity index (χ0) is 15.0. The molecule has 1 aromatic heterocycles. The lowest BCUT2D eigenvalue weighted by molar-refractivity contribution is 0.165. The minimum absolute atomic E-state index is 0.0243. The molecule has 0 aliphatic rings. The molecule has 0 spiro atoms. The fourth-order valence-electron chi connectivity index (χ4n) is 2.11. The van der Waals surface area contributed by atoms with Crippen LogP contribution in [0.4, 0.5) is 9.93 Å². The molecule has 0 aliphatic heterocycles. The van der Waals surface area contributed by atoms with Crippen molar-refractivity contribution in [3.05, 3.63) is 11.1 Å². The molecule has 3 N–H and O–H groups in total. The largest absolute Gasteiger partial charge is 0.396 e. The van der Waals surface area contributed by atoms with Crippen molar-refractivity contribution in [3.63, 3.8) is 0 Å². The molecule has 6 heteroatoms. The average molecular weight is 299 g/mol. The number of nitrogens with zero attached hydrogens (tertiary/aromatic N) is 1. The quantitative estimate of drug-likeness (QED) is 0.691. The van der Waals surface area contributed by atoms with E-state index >= 15 is 0 Å². The molecule has 0 unspecified atom stereocenters. The lowest BCUT2D eigenvalue weighted by Crippen LogP contribution is -2.39. The second kappa shape index (κ2) is 8.21. The second-order valence-electron chi connectivity index (χ2n) is 4.99. The Bertz CT molecular complexity index is 416. The summed E-state index contributed by atoms with van der Waals surface area (Å²) in [5.74, 6) is 0. The first-order valence-corrected chi connectivity index (χ1v) is 8.07. The summed E-state index contributed by atoms with van der Waals surface area (Å²) in [7, 11) is 0. The van der Waals surface area contributed by atoms with Gasteiger partial charge in [-0.15, -0.1) is 11.3 Å². The molecule has 0 bridgehead atoms. The summed E-state index contributed by atoms with van der Waals surface area (Å²) < 4.78 is 0. The second-order valence-corrected chi connectivity index (χ2v) is 5.84. The van der Waals surface area contributed by atoms with Gasteiger partial charge in [0.15, 0.2) is 5.13 Å². The number of nitrogens with one attached hydrogen (secondary N) is 2. The molecule has 0 atom stereocenters. The van der Waals surface area contributed by atoms with Crippen molar-refractivity contribution in [2.75, 3.05) is 18.5 Å². The van der Waals surface area contributed by atoms with Crippen LogP contribution in [0.1, 0.15) is 45.7 Å². The third kappa shape index (κ3) is 4.76. The molecule has 0 radical (unpaired) electrons. The summed E-state index contributed by atoms with van der Waals surface area (Å²) >= 11 is 1.43. The molecular formula is C14H25N3O2S. The van der Waals surface area contributed by atoms with Crippen molar-refractivity contribution < 1.29 is 9.90 Å². The smallest absolute Gasteiger partial charge is 0.321 e. The first-order chi connectivity index (χ1) is 9.59. The SMILES string of the molecule is CCc1csc(NC(=O)NCC(CC)(CC)CCO)n1. The molecule has 20 heavy (non-hydrogen) atoms. The maximum Gasteiger partial charge on any atom is 0.321 e. The standard InChI is InChI=1S/C14H25N3O2S/c1-4-11-9-20-13(16-11)17-12(19)15-10-14(5-2,6-3)7-8-18/h9,18H,4-8,10H2,1-3H3,(H2,15,16,17,19). The van der Waals surface area contributed by atoms with Crippen LogP contribution in [0.3, 0.4) is 0 Å². The number of urea groups is 1. The van der Waals surface area contributed by atoms with Gasteiger partial charge >= 0.3 is 6.03 Å². The van der Waals surface area contributed by atoms with Crippen molar-refractivity contribution >= 4 is 22.5 Å². The molecule has 0 aliphatic carbocycles. The molecule has 0 fully saturated rings. The third-order valence-electron chi connectivity index (χ3n) is 3.90. The van der Waals surface area contributed by atoms with Crippen LogP contribution in [0.2, 0.25) is 0 Å². The summed E-state index contributed by atoms with van der Waals surface area (Å²) in [5.41, 5.74) is 0.964. The van der Waals surface area contributed by atoms with Gasteiger partial charge in [-0.3, -0.25) is 5.32 Å². The molecule has 1 rings (SSSR count). The van der Waals surface area contributed by atoms with E-state index in [1.807, 2.05) is 12.3 Å². The lowest BCUT2D eigenvalue weighted by Gasteiger charge is -2.31. The number of rotatable bonds is 8.